The predicted octanol–water partition coefficient (Wildman–Crippen LogP) is 3.63. The van der Waals surface area contributed by atoms with Crippen LogP contribution in [0.5, 0.6) is 11.5 Å². The summed E-state index contributed by atoms with van der Waals surface area (Å²) in [5, 5.41) is 12.0. The Morgan fingerprint density at radius 1 is 1.21 bits per heavy atom. The number of carbonyl (C=O) groups excluding carboxylic acids is 2. The van der Waals surface area contributed by atoms with Crippen LogP contribution in [0.25, 0.3) is 6.08 Å². The van der Waals surface area contributed by atoms with Gasteiger partial charge in [0.1, 0.15) is 15.8 Å². The molecule has 2 amide bonds. The average Bonchev–Trinajstić information content (AvgIpc) is 2.95. The third kappa shape index (κ3) is 4.90. The van der Waals surface area contributed by atoms with E-state index in [1.807, 2.05) is 24.3 Å². The largest absolute Gasteiger partial charge is 0.508 e. The molecule has 0 unspecified atom stereocenters. The van der Waals surface area contributed by atoms with Gasteiger partial charge in [-0.15, -0.1) is 0 Å². The monoisotopic (exact) mass is 414 g/mol. The molecule has 28 heavy (non-hydrogen) atoms. The lowest BCUT2D eigenvalue weighted by molar-refractivity contribution is -0.122. The van der Waals surface area contributed by atoms with E-state index in [0.29, 0.717) is 14.9 Å². The maximum absolute atomic E-state index is 12.6. The molecular formula is C20H18N2O4S2. The number of phenolic OH excluding ortho intramolecular Hbond substituents is 1. The van der Waals surface area contributed by atoms with Crippen LogP contribution in [0.3, 0.4) is 0 Å². The van der Waals surface area contributed by atoms with Gasteiger partial charge >= 0.3 is 0 Å². The summed E-state index contributed by atoms with van der Waals surface area (Å²) in [6.07, 6.45) is 1.89. The summed E-state index contributed by atoms with van der Waals surface area (Å²) in [4.78, 5) is 26.7. The lowest BCUT2D eigenvalue weighted by Crippen LogP contribution is -2.31. The van der Waals surface area contributed by atoms with Gasteiger partial charge in [0.2, 0.25) is 5.91 Å². The first-order valence-corrected chi connectivity index (χ1v) is 9.67. The Balaban J connectivity index is 1.59. The number of phenols is 1. The van der Waals surface area contributed by atoms with E-state index in [9.17, 15) is 14.7 Å². The number of amides is 2. The topological polar surface area (TPSA) is 78.9 Å². The molecular weight excluding hydrogens is 396 g/mol. The van der Waals surface area contributed by atoms with Crippen LogP contribution in [0, 0.1) is 0 Å². The van der Waals surface area contributed by atoms with E-state index in [-0.39, 0.29) is 30.5 Å². The highest BCUT2D eigenvalue weighted by Gasteiger charge is 2.32. The van der Waals surface area contributed by atoms with Gasteiger partial charge < -0.3 is 15.2 Å². The molecule has 2 aromatic rings. The average molecular weight is 415 g/mol. The van der Waals surface area contributed by atoms with Crippen LogP contribution in [0.4, 0.5) is 5.69 Å². The summed E-state index contributed by atoms with van der Waals surface area (Å²) in [5.41, 5.74) is 1.44. The normalized spacial score (nSPS) is 15.2. The molecule has 144 valence electrons. The number of nitrogens with one attached hydrogen (secondary N) is 1. The zero-order chi connectivity index (χ0) is 20.1. The fourth-order valence-electron chi connectivity index (χ4n) is 2.53. The van der Waals surface area contributed by atoms with Crippen molar-refractivity contribution < 1.29 is 19.4 Å². The van der Waals surface area contributed by atoms with Crippen LogP contribution < -0.4 is 10.1 Å². The van der Waals surface area contributed by atoms with E-state index < -0.39 is 0 Å². The predicted molar refractivity (Wildman–Crippen MR) is 114 cm³/mol. The number of thiocarbonyl (C=S) groups is 1. The summed E-state index contributed by atoms with van der Waals surface area (Å²) in [5.74, 6) is 0.422. The second-order valence-corrected chi connectivity index (χ2v) is 7.63. The number of methoxy groups -OCH3 is 1. The molecule has 1 aliphatic heterocycles. The van der Waals surface area contributed by atoms with Gasteiger partial charge in [0, 0.05) is 18.7 Å². The molecule has 2 aromatic carbocycles. The van der Waals surface area contributed by atoms with Crippen molar-refractivity contribution in [3.63, 3.8) is 0 Å². The minimum Gasteiger partial charge on any atom is -0.508 e. The summed E-state index contributed by atoms with van der Waals surface area (Å²) in [6, 6.07) is 13.5. The molecule has 1 fully saturated rings. The molecule has 0 atom stereocenters. The smallest absolute Gasteiger partial charge is 0.266 e. The van der Waals surface area contributed by atoms with Gasteiger partial charge in [-0.25, -0.2) is 0 Å². The van der Waals surface area contributed by atoms with Crippen LogP contribution in [0.1, 0.15) is 12.0 Å². The number of thioether (sulfide) groups is 1. The number of rotatable bonds is 6. The number of hydrogen-bond acceptors (Lipinski definition) is 6. The Morgan fingerprint density at radius 2 is 1.89 bits per heavy atom. The molecule has 0 aromatic heterocycles. The highest BCUT2D eigenvalue weighted by atomic mass is 32.2. The van der Waals surface area contributed by atoms with Gasteiger partial charge in [-0.1, -0.05) is 36.1 Å². The Hall–Kier alpha value is -2.84. The molecule has 0 aliphatic carbocycles. The van der Waals surface area contributed by atoms with Crippen molar-refractivity contribution in [1.82, 2.24) is 4.90 Å². The van der Waals surface area contributed by atoms with Gasteiger partial charge in [0.05, 0.1) is 12.0 Å². The number of aromatic hydroxyl groups is 1. The molecule has 0 spiro atoms. The third-order valence-electron chi connectivity index (χ3n) is 4.00. The van der Waals surface area contributed by atoms with E-state index in [1.54, 1.807) is 25.3 Å². The lowest BCUT2D eigenvalue weighted by atomic mass is 10.2. The number of hydrogen-bond donors (Lipinski definition) is 2. The first kappa shape index (κ1) is 19.9. The standard InChI is InChI=1S/C20H18N2O4S2/c1-26-16-8-2-13(3-9-16)12-17-19(25)22(20(27)28-17)11-10-18(24)21-14-4-6-15(23)7-5-14/h2-9,12,23H,10-11H2,1H3,(H,21,24). The molecule has 1 aliphatic rings. The van der Waals surface area contributed by atoms with E-state index in [1.165, 1.54) is 28.8 Å². The van der Waals surface area contributed by atoms with E-state index in [2.05, 4.69) is 5.32 Å². The Morgan fingerprint density at radius 3 is 2.54 bits per heavy atom. The molecule has 0 saturated carbocycles. The first-order chi connectivity index (χ1) is 13.5. The quantitative estimate of drug-likeness (QED) is 0.427. The van der Waals surface area contributed by atoms with E-state index in [4.69, 9.17) is 17.0 Å². The molecule has 3 rings (SSSR count). The Labute approximate surface area is 172 Å². The van der Waals surface area contributed by atoms with Crippen LogP contribution in [0.2, 0.25) is 0 Å². The summed E-state index contributed by atoms with van der Waals surface area (Å²) in [6.45, 7) is 0.203. The maximum atomic E-state index is 12.6. The first-order valence-electron chi connectivity index (χ1n) is 8.44. The minimum atomic E-state index is -0.237. The molecule has 2 N–H and O–H groups in total. The molecule has 8 heteroatoms. The lowest BCUT2D eigenvalue weighted by Gasteiger charge is -2.14. The van der Waals surface area contributed by atoms with Crippen LogP contribution in [0.15, 0.2) is 53.4 Å². The van der Waals surface area contributed by atoms with E-state index >= 15 is 0 Å². The highest BCUT2D eigenvalue weighted by Crippen LogP contribution is 2.32. The van der Waals surface area contributed by atoms with E-state index in [0.717, 1.165) is 11.3 Å². The van der Waals surface area contributed by atoms with Crippen molar-refractivity contribution in [2.45, 2.75) is 6.42 Å². The molecule has 1 saturated heterocycles. The van der Waals surface area contributed by atoms with Gasteiger partial charge in [0.15, 0.2) is 0 Å². The fraction of sp³-hybridized carbons (Fsp3) is 0.150. The van der Waals surface area contributed by atoms with Crippen molar-refractivity contribution in [1.29, 1.82) is 0 Å². The number of anilines is 1. The number of nitrogens with zero attached hydrogens (tertiary/aromatic N) is 1. The molecule has 0 bridgehead atoms. The second-order valence-electron chi connectivity index (χ2n) is 5.95. The van der Waals surface area contributed by atoms with Crippen molar-refractivity contribution >= 4 is 51.9 Å². The fourth-order valence-corrected chi connectivity index (χ4v) is 3.83. The van der Waals surface area contributed by atoms with Crippen LogP contribution >= 0.6 is 24.0 Å². The van der Waals surface area contributed by atoms with Crippen molar-refractivity contribution in [3.8, 4) is 11.5 Å². The Kier molecular flexibility index (Phi) is 6.33. The zero-order valence-corrected chi connectivity index (χ0v) is 16.7. The summed E-state index contributed by atoms with van der Waals surface area (Å²) >= 11 is 6.52. The minimum absolute atomic E-state index is 0.114. The molecule has 1 heterocycles. The van der Waals surface area contributed by atoms with Gasteiger partial charge in [-0.3, -0.25) is 14.5 Å². The van der Waals surface area contributed by atoms with Crippen LogP contribution in [-0.4, -0.2) is 39.8 Å². The maximum Gasteiger partial charge on any atom is 0.266 e. The van der Waals surface area contributed by atoms with Gasteiger partial charge in [0.25, 0.3) is 5.91 Å². The second kappa shape index (κ2) is 8.90. The molecule has 0 radical (unpaired) electrons. The SMILES string of the molecule is COc1ccc(C=C2SC(=S)N(CCC(=O)Nc3ccc(O)cc3)C2=O)cc1. The number of ether oxygens (including phenoxy) is 1. The van der Waals surface area contributed by atoms with Crippen molar-refractivity contribution in [3.05, 3.63) is 59.0 Å². The third-order valence-corrected chi connectivity index (χ3v) is 5.38. The van der Waals surface area contributed by atoms with Crippen molar-refractivity contribution in [2.24, 2.45) is 0 Å². The summed E-state index contributed by atoms with van der Waals surface area (Å²) < 4.78 is 5.56. The Bertz CT molecular complexity index is 924. The number of carbonyl (C=O) groups is 2. The van der Waals surface area contributed by atoms with Crippen molar-refractivity contribution in [2.75, 3.05) is 19.0 Å². The highest BCUT2D eigenvalue weighted by molar-refractivity contribution is 8.26. The zero-order valence-electron chi connectivity index (χ0n) is 15.0. The summed E-state index contributed by atoms with van der Waals surface area (Å²) in [7, 11) is 1.60. The van der Waals surface area contributed by atoms with Gasteiger partial charge in [-0.05, 0) is 48.0 Å². The van der Waals surface area contributed by atoms with Crippen LogP contribution in [-0.2, 0) is 9.59 Å². The number of benzene rings is 2. The molecule has 6 nitrogen and oxygen atoms in total. The van der Waals surface area contributed by atoms with Gasteiger partial charge in [-0.2, -0.15) is 0 Å².